The van der Waals surface area contributed by atoms with Crippen LogP contribution in [0.3, 0.4) is 0 Å². The van der Waals surface area contributed by atoms with Gasteiger partial charge in [0.2, 0.25) is 5.91 Å². The molecule has 0 aromatic heterocycles. The zero-order valence-corrected chi connectivity index (χ0v) is 13.9. The van der Waals surface area contributed by atoms with E-state index in [9.17, 15) is 9.59 Å². The van der Waals surface area contributed by atoms with Gasteiger partial charge in [0, 0.05) is 0 Å². The molecule has 1 fully saturated rings. The minimum absolute atomic E-state index is 0.000175. The zero-order valence-electron chi connectivity index (χ0n) is 13.9. The Bertz CT molecular complexity index is 369. The number of esters is 1. The summed E-state index contributed by atoms with van der Waals surface area (Å²) >= 11 is 0. The fraction of sp³-hybridized carbons (Fsp3) is 0.875. The quantitative estimate of drug-likeness (QED) is 0.764. The third-order valence-corrected chi connectivity index (χ3v) is 4.74. The van der Waals surface area contributed by atoms with Crippen LogP contribution in [0.15, 0.2) is 0 Å². The van der Waals surface area contributed by atoms with Crippen molar-refractivity contribution < 1.29 is 19.1 Å². The zero-order chi connectivity index (χ0) is 16.0. The first-order valence-electron chi connectivity index (χ1n) is 7.77. The van der Waals surface area contributed by atoms with Crippen LogP contribution in [-0.2, 0) is 19.1 Å². The van der Waals surface area contributed by atoms with Crippen LogP contribution in [0.5, 0.6) is 0 Å². The predicted octanol–water partition coefficient (Wildman–Crippen LogP) is 2.29. The van der Waals surface area contributed by atoms with Crippen molar-refractivity contribution in [3.63, 3.8) is 0 Å². The average Bonchev–Trinajstić information content (AvgIpc) is 2.44. The molecule has 1 aliphatic carbocycles. The van der Waals surface area contributed by atoms with Crippen molar-refractivity contribution in [2.45, 2.75) is 65.5 Å². The highest BCUT2D eigenvalue weighted by Gasteiger charge is 2.35. The van der Waals surface area contributed by atoms with Crippen LogP contribution in [-0.4, -0.2) is 37.7 Å². The fourth-order valence-electron chi connectivity index (χ4n) is 2.84. The molecular formula is C16H29NO4. The molecule has 1 N–H and O–H groups in total. The molecule has 0 heterocycles. The first kappa shape index (κ1) is 18.0. The number of carbonyl (C=O) groups excluding carboxylic acids is 2. The van der Waals surface area contributed by atoms with Gasteiger partial charge in [-0.25, -0.2) is 4.79 Å². The number of amides is 1. The molecule has 0 aliphatic heterocycles. The van der Waals surface area contributed by atoms with E-state index in [1.807, 2.05) is 0 Å². The van der Waals surface area contributed by atoms with Gasteiger partial charge in [-0.2, -0.15) is 0 Å². The number of methoxy groups -OCH3 is 1. The van der Waals surface area contributed by atoms with E-state index in [-0.39, 0.29) is 18.6 Å². The second kappa shape index (κ2) is 7.78. The molecular weight excluding hydrogens is 270 g/mol. The standard InChI is InChI=1S/C16H29NO4/c1-11(2)16(4)8-6-7-13(9-16)21-10-14(18)17-12(3)15(19)20-5/h11-13H,6-10H2,1-5H3,(H,17,18)/t12-,13?,16?/m1/s1. The van der Waals surface area contributed by atoms with Crippen LogP contribution in [0.4, 0.5) is 0 Å². The average molecular weight is 299 g/mol. The summed E-state index contributed by atoms with van der Waals surface area (Å²) in [6.45, 7) is 8.38. The summed E-state index contributed by atoms with van der Waals surface area (Å²) in [7, 11) is 1.30. The molecule has 1 aliphatic rings. The molecule has 5 nitrogen and oxygen atoms in total. The van der Waals surface area contributed by atoms with E-state index in [2.05, 4.69) is 30.8 Å². The first-order chi connectivity index (χ1) is 9.78. The summed E-state index contributed by atoms with van der Waals surface area (Å²) in [4.78, 5) is 23.0. The van der Waals surface area contributed by atoms with Crippen LogP contribution >= 0.6 is 0 Å². The van der Waals surface area contributed by atoms with Gasteiger partial charge in [0.1, 0.15) is 12.6 Å². The van der Waals surface area contributed by atoms with Gasteiger partial charge >= 0.3 is 5.97 Å². The maximum Gasteiger partial charge on any atom is 0.328 e. The predicted molar refractivity (Wildman–Crippen MR) is 80.8 cm³/mol. The lowest BCUT2D eigenvalue weighted by atomic mass is 9.67. The Hall–Kier alpha value is -1.10. The summed E-state index contributed by atoms with van der Waals surface area (Å²) in [5, 5.41) is 2.58. The van der Waals surface area contributed by atoms with Crippen molar-refractivity contribution in [3.8, 4) is 0 Å². The number of rotatable bonds is 6. The molecule has 122 valence electrons. The van der Waals surface area contributed by atoms with Crippen LogP contribution in [0.2, 0.25) is 0 Å². The Morgan fingerprint density at radius 1 is 1.33 bits per heavy atom. The smallest absolute Gasteiger partial charge is 0.328 e. The summed E-state index contributed by atoms with van der Waals surface area (Å²) in [6.07, 6.45) is 4.48. The molecule has 0 spiro atoms. The number of hydrogen-bond donors (Lipinski definition) is 1. The van der Waals surface area contributed by atoms with E-state index < -0.39 is 12.0 Å². The number of hydrogen-bond acceptors (Lipinski definition) is 4. The number of carbonyl (C=O) groups is 2. The van der Waals surface area contributed by atoms with Crippen molar-refractivity contribution in [2.24, 2.45) is 11.3 Å². The van der Waals surface area contributed by atoms with Crippen LogP contribution < -0.4 is 5.32 Å². The Balaban J connectivity index is 2.38. The Kier molecular flexibility index (Phi) is 6.65. The first-order valence-corrected chi connectivity index (χ1v) is 7.77. The highest BCUT2D eigenvalue weighted by atomic mass is 16.5. The molecule has 0 aromatic carbocycles. The largest absolute Gasteiger partial charge is 0.467 e. The van der Waals surface area contributed by atoms with Gasteiger partial charge in [0.15, 0.2) is 0 Å². The van der Waals surface area contributed by atoms with Gasteiger partial charge in [0.05, 0.1) is 13.2 Å². The van der Waals surface area contributed by atoms with Gasteiger partial charge in [0.25, 0.3) is 0 Å². The van der Waals surface area contributed by atoms with Crippen LogP contribution in [0.1, 0.15) is 53.4 Å². The maximum atomic E-state index is 11.8. The number of ether oxygens (including phenoxy) is 2. The minimum Gasteiger partial charge on any atom is -0.467 e. The van der Waals surface area contributed by atoms with Crippen molar-refractivity contribution in [2.75, 3.05) is 13.7 Å². The highest BCUT2D eigenvalue weighted by molar-refractivity contribution is 5.84. The summed E-state index contributed by atoms with van der Waals surface area (Å²) in [5.74, 6) is -0.116. The lowest BCUT2D eigenvalue weighted by Crippen LogP contribution is -2.42. The van der Waals surface area contributed by atoms with Gasteiger partial charge < -0.3 is 14.8 Å². The van der Waals surface area contributed by atoms with E-state index in [1.54, 1.807) is 6.92 Å². The third kappa shape index (κ3) is 5.30. The monoisotopic (exact) mass is 299 g/mol. The highest BCUT2D eigenvalue weighted by Crippen LogP contribution is 2.42. The molecule has 1 amide bonds. The molecule has 0 saturated heterocycles. The molecule has 0 aromatic rings. The van der Waals surface area contributed by atoms with Gasteiger partial charge in [-0.15, -0.1) is 0 Å². The maximum absolute atomic E-state index is 11.8. The van der Waals surface area contributed by atoms with Crippen molar-refractivity contribution in [3.05, 3.63) is 0 Å². The molecule has 1 rings (SSSR count). The van der Waals surface area contributed by atoms with Gasteiger partial charge in [-0.05, 0) is 37.5 Å². The molecule has 3 atom stereocenters. The second-order valence-electron chi connectivity index (χ2n) is 6.65. The van der Waals surface area contributed by atoms with E-state index in [4.69, 9.17) is 4.74 Å². The van der Waals surface area contributed by atoms with Gasteiger partial charge in [-0.1, -0.05) is 27.2 Å². The third-order valence-electron chi connectivity index (χ3n) is 4.74. The Morgan fingerprint density at radius 2 is 2.00 bits per heavy atom. The van der Waals surface area contributed by atoms with Crippen molar-refractivity contribution >= 4 is 11.9 Å². The van der Waals surface area contributed by atoms with Gasteiger partial charge in [-0.3, -0.25) is 4.79 Å². The van der Waals surface area contributed by atoms with Crippen molar-refractivity contribution in [1.82, 2.24) is 5.32 Å². The molecule has 1 saturated carbocycles. The van der Waals surface area contributed by atoms with Crippen LogP contribution in [0, 0.1) is 11.3 Å². The minimum atomic E-state index is -0.640. The topological polar surface area (TPSA) is 64.6 Å². The molecule has 2 unspecified atom stereocenters. The summed E-state index contributed by atoms with van der Waals surface area (Å²) in [6, 6.07) is -0.640. The molecule has 5 heteroatoms. The van der Waals surface area contributed by atoms with E-state index in [0.29, 0.717) is 11.3 Å². The lowest BCUT2D eigenvalue weighted by molar-refractivity contribution is -0.145. The lowest BCUT2D eigenvalue weighted by Gasteiger charge is -2.41. The van der Waals surface area contributed by atoms with E-state index in [0.717, 1.165) is 19.3 Å². The number of nitrogens with one attached hydrogen (secondary N) is 1. The summed E-state index contributed by atoms with van der Waals surface area (Å²) in [5.41, 5.74) is 0.290. The SMILES string of the molecule is COC(=O)[C@@H](C)NC(=O)COC1CCCC(C)(C(C)C)C1. The Morgan fingerprint density at radius 3 is 2.57 bits per heavy atom. The van der Waals surface area contributed by atoms with Crippen molar-refractivity contribution in [1.29, 1.82) is 0 Å². The normalized spacial score (nSPS) is 27.2. The fourth-order valence-corrected chi connectivity index (χ4v) is 2.84. The van der Waals surface area contributed by atoms with Crippen LogP contribution in [0.25, 0.3) is 0 Å². The summed E-state index contributed by atoms with van der Waals surface area (Å²) < 4.78 is 10.3. The Labute approximate surface area is 127 Å². The van der Waals surface area contributed by atoms with E-state index in [1.165, 1.54) is 13.5 Å². The second-order valence-corrected chi connectivity index (χ2v) is 6.65. The molecule has 21 heavy (non-hydrogen) atoms. The molecule has 0 bridgehead atoms. The molecule has 0 radical (unpaired) electrons. The van der Waals surface area contributed by atoms with E-state index >= 15 is 0 Å².